The SMILES string of the molecule is CB(C)c1cccc(-c2nc(-c3cccc([Si](C)(C)B(C)C)c3)nc(-c3ccc4c(c3)c3ccccc3n4[Si](C)(C)C3CC3)n2)c1. The van der Waals surface area contributed by atoms with Crippen LogP contribution >= 0.6 is 0 Å². The summed E-state index contributed by atoms with van der Waals surface area (Å²) < 4.78 is 2.71. The molecule has 46 heavy (non-hydrogen) atoms. The van der Waals surface area contributed by atoms with E-state index in [1.54, 1.807) is 0 Å². The standard InChI is InChI=1S/C38H44B2N4Si2/c1-39(2)29-15-11-13-26(23-29)36-41-37(27-14-12-16-31(24-27)45(5,6)40(3)4)43-38(42-36)28-19-22-35-33(25-28)32-17-9-10-18-34(32)44(35)46(7,8)30-20-21-30/h9-19,22-25,30H,20-21H2,1-8H3. The second kappa shape index (κ2) is 11.5. The van der Waals surface area contributed by atoms with Crippen molar-refractivity contribution in [1.82, 2.24) is 19.2 Å². The molecule has 230 valence electrons. The molecule has 0 aliphatic heterocycles. The summed E-state index contributed by atoms with van der Waals surface area (Å²) in [5.41, 5.74) is 7.93. The average molecular weight is 635 g/mol. The van der Waals surface area contributed by atoms with Gasteiger partial charge in [-0.1, -0.05) is 144 Å². The highest BCUT2D eigenvalue weighted by atomic mass is 28.3. The van der Waals surface area contributed by atoms with Gasteiger partial charge in [0.15, 0.2) is 32.4 Å². The highest BCUT2D eigenvalue weighted by Gasteiger charge is 2.43. The fraction of sp³-hybridized carbons (Fsp3) is 0.289. The molecule has 4 aromatic carbocycles. The first kappa shape index (κ1) is 30.9. The number of fused-ring (bicyclic) bond motifs is 3. The second-order valence-corrected chi connectivity index (χ2v) is 24.8. The monoisotopic (exact) mass is 634 g/mol. The van der Waals surface area contributed by atoms with Gasteiger partial charge in [-0.3, -0.25) is 0 Å². The van der Waals surface area contributed by atoms with Crippen molar-refractivity contribution in [2.75, 3.05) is 0 Å². The third-order valence-electron chi connectivity index (χ3n) is 10.8. The molecule has 0 amide bonds. The molecule has 1 saturated carbocycles. The predicted octanol–water partition coefficient (Wildman–Crippen LogP) is 8.91. The molecular formula is C38H44B2N4Si2. The average Bonchev–Trinajstić information content (AvgIpc) is 3.87. The summed E-state index contributed by atoms with van der Waals surface area (Å²) in [6.07, 6.45) is 3.35. The van der Waals surface area contributed by atoms with Crippen LogP contribution in [0.3, 0.4) is 0 Å². The summed E-state index contributed by atoms with van der Waals surface area (Å²) >= 11 is 0. The van der Waals surface area contributed by atoms with Crippen LogP contribution in [0.15, 0.2) is 91.0 Å². The van der Waals surface area contributed by atoms with Crippen LogP contribution in [-0.4, -0.2) is 48.4 Å². The van der Waals surface area contributed by atoms with Crippen molar-refractivity contribution in [3.05, 3.63) is 91.0 Å². The Morgan fingerprint density at radius 3 is 1.83 bits per heavy atom. The molecule has 1 aliphatic carbocycles. The quantitative estimate of drug-likeness (QED) is 0.157. The molecule has 7 rings (SSSR count). The van der Waals surface area contributed by atoms with Gasteiger partial charge in [-0.05, 0) is 29.8 Å². The first-order valence-corrected chi connectivity index (χ1v) is 23.1. The van der Waals surface area contributed by atoms with E-state index >= 15 is 0 Å². The molecule has 0 bridgehead atoms. The molecule has 0 spiro atoms. The Bertz CT molecular complexity index is 2100. The Balaban J connectivity index is 1.43. The molecule has 2 aromatic heterocycles. The van der Waals surface area contributed by atoms with E-state index in [-0.39, 0.29) is 0 Å². The van der Waals surface area contributed by atoms with Gasteiger partial charge in [0.2, 0.25) is 0 Å². The lowest BCUT2D eigenvalue weighted by Gasteiger charge is -2.27. The van der Waals surface area contributed by atoms with Gasteiger partial charge in [-0.15, -0.1) is 0 Å². The first-order chi connectivity index (χ1) is 21.9. The number of para-hydroxylation sites is 1. The van der Waals surface area contributed by atoms with Gasteiger partial charge < -0.3 is 4.23 Å². The van der Waals surface area contributed by atoms with Crippen LogP contribution in [0.25, 0.3) is 56.0 Å². The Morgan fingerprint density at radius 1 is 0.609 bits per heavy atom. The summed E-state index contributed by atoms with van der Waals surface area (Å²) in [5, 5.41) is 4.03. The van der Waals surface area contributed by atoms with Gasteiger partial charge in [0, 0.05) is 38.5 Å². The third-order valence-corrected chi connectivity index (χ3v) is 19.7. The zero-order valence-corrected chi connectivity index (χ0v) is 30.6. The van der Waals surface area contributed by atoms with E-state index in [4.69, 9.17) is 15.0 Å². The topological polar surface area (TPSA) is 43.6 Å². The van der Waals surface area contributed by atoms with E-state index < -0.39 is 16.2 Å². The van der Waals surface area contributed by atoms with Crippen molar-refractivity contribution >= 4 is 61.7 Å². The maximum absolute atomic E-state index is 5.20. The Morgan fingerprint density at radius 2 is 1.20 bits per heavy atom. The van der Waals surface area contributed by atoms with E-state index in [9.17, 15) is 0 Å². The minimum atomic E-state index is -1.69. The highest BCUT2D eigenvalue weighted by Crippen LogP contribution is 2.48. The summed E-state index contributed by atoms with van der Waals surface area (Å²) in [6.45, 7) is 19.6. The summed E-state index contributed by atoms with van der Waals surface area (Å²) in [7, 11) is -3.33. The van der Waals surface area contributed by atoms with Crippen molar-refractivity contribution in [3.8, 4) is 34.2 Å². The molecule has 0 saturated heterocycles. The fourth-order valence-electron chi connectivity index (χ4n) is 6.90. The van der Waals surface area contributed by atoms with Crippen LogP contribution in [-0.2, 0) is 0 Å². The third kappa shape index (κ3) is 5.39. The van der Waals surface area contributed by atoms with Gasteiger partial charge in [0.05, 0.1) is 7.94 Å². The van der Waals surface area contributed by atoms with Gasteiger partial charge in [-0.25, -0.2) is 15.0 Å². The second-order valence-electron chi connectivity index (χ2n) is 15.1. The Hall–Kier alpha value is -3.75. The van der Waals surface area contributed by atoms with E-state index in [1.165, 1.54) is 45.3 Å². The van der Waals surface area contributed by atoms with Crippen molar-refractivity contribution in [1.29, 1.82) is 0 Å². The Kier molecular flexibility index (Phi) is 7.72. The molecule has 0 radical (unpaired) electrons. The van der Waals surface area contributed by atoms with Crippen molar-refractivity contribution in [2.24, 2.45) is 0 Å². The molecule has 4 nitrogen and oxygen atoms in total. The fourth-order valence-corrected chi connectivity index (χ4v) is 12.2. The molecule has 0 atom stereocenters. The van der Waals surface area contributed by atoms with Gasteiger partial charge >= 0.3 is 0 Å². The number of hydrogen-bond acceptors (Lipinski definition) is 3. The number of benzene rings is 4. The van der Waals surface area contributed by atoms with Crippen LogP contribution in [0, 0.1) is 0 Å². The summed E-state index contributed by atoms with van der Waals surface area (Å²) in [6, 6.07) is 33.4. The molecule has 8 heteroatoms. The molecule has 0 N–H and O–H groups in total. The molecule has 6 aromatic rings. The zero-order valence-electron chi connectivity index (χ0n) is 28.6. The van der Waals surface area contributed by atoms with E-state index in [0.717, 1.165) is 39.7 Å². The molecule has 2 heterocycles. The van der Waals surface area contributed by atoms with Crippen LogP contribution in [0.2, 0.25) is 59.0 Å². The molecule has 1 fully saturated rings. The van der Waals surface area contributed by atoms with Crippen LogP contribution in [0.5, 0.6) is 0 Å². The van der Waals surface area contributed by atoms with Gasteiger partial charge in [0.1, 0.15) is 6.31 Å². The lowest BCUT2D eigenvalue weighted by molar-refractivity contribution is 1.07. The smallest absolute Gasteiger partial charge is 0.169 e. The van der Waals surface area contributed by atoms with E-state index in [0.29, 0.717) is 13.0 Å². The van der Waals surface area contributed by atoms with Crippen LogP contribution in [0.4, 0.5) is 0 Å². The van der Waals surface area contributed by atoms with Crippen molar-refractivity contribution < 1.29 is 0 Å². The molecule has 1 aliphatic rings. The normalized spacial score (nSPS) is 13.8. The highest BCUT2D eigenvalue weighted by molar-refractivity contribution is 7.37. The minimum Gasteiger partial charge on any atom is -0.368 e. The number of aromatic nitrogens is 4. The molecule has 0 unspecified atom stereocenters. The Labute approximate surface area is 276 Å². The lowest BCUT2D eigenvalue weighted by atomic mass is 9.49. The van der Waals surface area contributed by atoms with E-state index in [2.05, 4.69) is 149 Å². The lowest BCUT2D eigenvalue weighted by Crippen LogP contribution is -2.52. The van der Waals surface area contributed by atoms with Gasteiger partial charge in [0.25, 0.3) is 0 Å². The maximum atomic E-state index is 5.20. The largest absolute Gasteiger partial charge is 0.368 e. The minimum absolute atomic E-state index is 0.420. The zero-order chi connectivity index (χ0) is 32.4. The first-order valence-electron chi connectivity index (χ1n) is 17.0. The molecular weight excluding hydrogens is 590 g/mol. The maximum Gasteiger partial charge on any atom is 0.169 e. The van der Waals surface area contributed by atoms with Crippen molar-refractivity contribution in [3.63, 3.8) is 0 Å². The summed E-state index contributed by atoms with van der Waals surface area (Å²) in [4.78, 5) is 15.5. The number of rotatable bonds is 8. The van der Waals surface area contributed by atoms with Gasteiger partial charge in [-0.2, -0.15) is 0 Å². The van der Waals surface area contributed by atoms with Crippen LogP contribution < -0.4 is 10.6 Å². The summed E-state index contributed by atoms with van der Waals surface area (Å²) in [5.74, 6) is 2.17. The number of nitrogens with zero attached hydrogens (tertiary/aromatic N) is 4. The van der Waals surface area contributed by atoms with Crippen molar-refractivity contribution in [2.45, 2.75) is 71.9 Å². The predicted molar refractivity (Wildman–Crippen MR) is 207 cm³/mol. The van der Waals surface area contributed by atoms with E-state index in [1.807, 2.05) is 0 Å². The number of hydrogen-bond donors (Lipinski definition) is 0. The van der Waals surface area contributed by atoms with Crippen LogP contribution in [0.1, 0.15) is 12.8 Å².